The van der Waals surface area contributed by atoms with Crippen molar-refractivity contribution in [2.75, 3.05) is 39.8 Å². The second-order valence-electron chi connectivity index (χ2n) is 9.10. The lowest BCUT2D eigenvalue weighted by atomic mass is 9.98. The van der Waals surface area contributed by atoms with Crippen LogP contribution in [0.25, 0.3) is 0 Å². The minimum atomic E-state index is 0. The molecule has 2 saturated heterocycles. The summed E-state index contributed by atoms with van der Waals surface area (Å²) in [6.45, 7) is 5.92. The summed E-state index contributed by atoms with van der Waals surface area (Å²) in [5.74, 6) is 3.89. The Hall–Kier alpha value is -0.860. The molecule has 4 fully saturated rings. The van der Waals surface area contributed by atoms with Crippen molar-refractivity contribution >= 4 is 29.9 Å². The van der Waals surface area contributed by atoms with Crippen LogP contribution >= 0.6 is 24.0 Å². The molecule has 2 unspecified atom stereocenters. The molecule has 2 heterocycles. The van der Waals surface area contributed by atoms with Crippen LogP contribution in [0.3, 0.4) is 0 Å². The van der Waals surface area contributed by atoms with E-state index in [0.717, 1.165) is 63.0 Å². The maximum Gasteiger partial charge on any atom is 0.193 e. The summed E-state index contributed by atoms with van der Waals surface area (Å²) in [4.78, 5) is 9.66. The van der Waals surface area contributed by atoms with Crippen LogP contribution in [-0.2, 0) is 11.3 Å². The van der Waals surface area contributed by atoms with Gasteiger partial charge in [0, 0.05) is 39.8 Å². The fraction of sp³-hybridized carbons (Fsp3) is 0.696. The molecule has 5 nitrogen and oxygen atoms in total. The van der Waals surface area contributed by atoms with Gasteiger partial charge in [-0.25, -0.2) is 0 Å². The number of fused-ring (bicyclic) bond motifs is 1. The van der Waals surface area contributed by atoms with Crippen molar-refractivity contribution in [2.45, 2.75) is 44.4 Å². The Morgan fingerprint density at radius 1 is 1.14 bits per heavy atom. The Morgan fingerprint density at radius 2 is 1.86 bits per heavy atom. The normalized spacial score (nSPS) is 27.7. The van der Waals surface area contributed by atoms with E-state index in [1.165, 1.54) is 31.2 Å². The van der Waals surface area contributed by atoms with Gasteiger partial charge in [0.15, 0.2) is 5.96 Å². The lowest BCUT2D eigenvalue weighted by Gasteiger charge is -2.36. The number of guanidine groups is 1. The number of halogens is 1. The standard InChI is InChI=1S/C23H34N4O.HI/c1-24-23(25-13-20(18-7-8-18)19-9-10-19)27-15-21-22(16-27)28-12-11-26(21)14-17-5-3-2-4-6-17;/h2-6,18-22H,7-16H2,1H3,(H,24,25);1H. The van der Waals surface area contributed by atoms with Gasteiger partial charge in [-0.3, -0.25) is 9.89 Å². The number of likely N-dealkylation sites (tertiary alicyclic amines) is 1. The van der Waals surface area contributed by atoms with Gasteiger partial charge in [0.2, 0.25) is 0 Å². The highest BCUT2D eigenvalue weighted by Gasteiger charge is 2.43. The quantitative estimate of drug-likeness (QED) is 0.363. The number of hydrogen-bond donors (Lipinski definition) is 1. The third-order valence-corrected chi connectivity index (χ3v) is 7.11. The van der Waals surface area contributed by atoms with Crippen molar-refractivity contribution in [3.63, 3.8) is 0 Å². The minimum absolute atomic E-state index is 0. The van der Waals surface area contributed by atoms with Gasteiger partial charge in [0.25, 0.3) is 0 Å². The van der Waals surface area contributed by atoms with E-state index >= 15 is 0 Å². The molecule has 5 rings (SSSR count). The topological polar surface area (TPSA) is 40.1 Å². The van der Waals surface area contributed by atoms with Gasteiger partial charge in [0.05, 0.1) is 18.8 Å². The molecule has 160 valence electrons. The SMILES string of the molecule is CN=C(NCC(C1CC1)C1CC1)N1CC2OCCN(Cc3ccccc3)C2C1.I. The fourth-order valence-electron chi connectivity index (χ4n) is 5.25. The molecule has 2 atom stereocenters. The molecule has 1 N–H and O–H groups in total. The molecular formula is C23H35IN4O. The third-order valence-electron chi connectivity index (χ3n) is 7.11. The van der Waals surface area contributed by atoms with Gasteiger partial charge in [-0.2, -0.15) is 0 Å². The predicted octanol–water partition coefficient (Wildman–Crippen LogP) is 3.20. The van der Waals surface area contributed by atoms with Crippen LogP contribution in [0.2, 0.25) is 0 Å². The first-order chi connectivity index (χ1) is 13.8. The molecule has 4 aliphatic rings. The molecule has 0 spiro atoms. The van der Waals surface area contributed by atoms with E-state index in [1.807, 2.05) is 7.05 Å². The van der Waals surface area contributed by atoms with Crippen LogP contribution in [0, 0.1) is 17.8 Å². The van der Waals surface area contributed by atoms with E-state index in [-0.39, 0.29) is 24.0 Å². The highest BCUT2D eigenvalue weighted by Crippen LogP contribution is 2.48. The molecule has 0 bridgehead atoms. The van der Waals surface area contributed by atoms with Gasteiger partial charge >= 0.3 is 0 Å². The molecule has 1 aromatic rings. The number of aliphatic imine (C=N–C) groups is 1. The highest BCUT2D eigenvalue weighted by atomic mass is 127. The lowest BCUT2D eigenvalue weighted by Crippen LogP contribution is -2.50. The average Bonchev–Trinajstić information content (AvgIpc) is 3.65. The van der Waals surface area contributed by atoms with Crippen LogP contribution in [0.5, 0.6) is 0 Å². The Kier molecular flexibility index (Phi) is 7.02. The first kappa shape index (κ1) is 21.4. The number of rotatable bonds is 6. The smallest absolute Gasteiger partial charge is 0.193 e. The van der Waals surface area contributed by atoms with Crippen molar-refractivity contribution in [2.24, 2.45) is 22.7 Å². The molecule has 0 radical (unpaired) electrons. The summed E-state index contributed by atoms with van der Waals surface area (Å²) < 4.78 is 6.15. The number of nitrogens with zero attached hydrogens (tertiary/aromatic N) is 3. The lowest BCUT2D eigenvalue weighted by molar-refractivity contribution is -0.0502. The van der Waals surface area contributed by atoms with E-state index in [4.69, 9.17) is 4.74 Å². The van der Waals surface area contributed by atoms with Gasteiger partial charge < -0.3 is 15.0 Å². The summed E-state index contributed by atoms with van der Waals surface area (Å²) in [7, 11) is 1.93. The van der Waals surface area contributed by atoms with Gasteiger partial charge in [-0.15, -0.1) is 24.0 Å². The van der Waals surface area contributed by atoms with E-state index < -0.39 is 0 Å². The molecule has 6 heteroatoms. The first-order valence-electron chi connectivity index (χ1n) is 11.2. The Morgan fingerprint density at radius 3 is 2.52 bits per heavy atom. The Bertz CT molecular complexity index is 679. The number of nitrogens with one attached hydrogen (secondary N) is 1. The summed E-state index contributed by atoms with van der Waals surface area (Å²) in [6, 6.07) is 11.3. The van der Waals surface area contributed by atoms with Crippen molar-refractivity contribution in [1.82, 2.24) is 15.1 Å². The van der Waals surface area contributed by atoms with Crippen molar-refractivity contribution in [3.8, 4) is 0 Å². The molecule has 2 aliphatic heterocycles. The highest BCUT2D eigenvalue weighted by molar-refractivity contribution is 14.0. The van der Waals surface area contributed by atoms with Gasteiger partial charge in [0.1, 0.15) is 0 Å². The van der Waals surface area contributed by atoms with E-state index in [1.54, 1.807) is 0 Å². The van der Waals surface area contributed by atoms with E-state index in [0.29, 0.717) is 12.1 Å². The number of morpholine rings is 1. The summed E-state index contributed by atoms with van der Waals surface area (Å²) in [5.41, 5.74) is 1.39. The monoisotopic (exact) mass is 510 g/mol. The first-order valence-corrected chi connectivity index (χ1v) is 11.2. The van der Waals surface area contributed by atoms with Crippen LogP contribution in [0.4, 0.5) is 0 Å². The largest absolute Gasteiger partial charge is 0.373 e. The van der Waals surface area contributed by atoms with Crippen LogP contribution < -0.4 is 5.32 Å². The second kappa shape index (κ2) is 9.52. The molecule has 2 aliphatic carbocycles. The maximum atomic E-state index is 6.15. The van der Waals surface area contributed by atoms with Crippen molar-refractivity contribution in [1.29, 1.82) is 0 Å². The number of benzene rings is 1. The molecule has 2 saturated carbocycles. The predicted molar refractivity (Wildman–Crippen MR) is 128 cm³/mol. The number of hydrogen-bond acceptors (Lipinski definition) is 3. The summed E-state index contributed by atoms with van der Waals surface area (Å²) in [5, 5.41) is 3.73. The molecular weight excluding hydrogens is 475 g/mol. The van der Waals surface area contributed by atoms with Gasteiger partial charge in [-0.1, -0.05) is 30.3 Å². The van der Waals surface area contributed by atoms with Crippen molar-refractivity contribution < 1.29 is 4.74 Å². The Labute approximate surface area is 192 Å². The molecule has 29 heavy (non-hydrogen) atoms. The average molecular weight is 510 g/mol. The second-order valence-corrected chi connectivity index (χ2v) is 9.10. The minimum Gasteiger partial charge on any atom is -0.373 e. The molecule has 0 aromatic heterocycles. The third kappa shape index (κ3) is 5.07. The maximum absolute atomic E-state index is 6.15. The van der Waals surface area contributed by atoms with E-state index in [2.05, 4.69) is 50.4 Å². The Balaban J connectivity index is 0.00000205. The summed E-state index contributed by atoms with van der Waals surface area (Å²) >= 11 is 0. The number of ether oxygens (including phenoxy) is 1. The van der Waals surface area contributed by atoms with Crippen molar-refractivity contribution in [3.05, 3.63) is 35.9 Å². The molecule has 1 aromatic carbocycles. The fourth-order valence-corrected chi connectivity index (χ4v) is 5.25. The zero-order chi connectivity index (χ0) is 18.9. The van der Waals surface area contributed by atoms with Crippen LogP contribution in [-0.4, -0.2) is 67.7 Å². The van der Waals surface area contributed by atoms with E-state index in [9.17, 15) is 0 Å². The zero-order valence-corrected chi connectivity index (χ0v) is 19.8. The van der Waals surface area contributed by atoms with Gasteiger partial charge in [-0.05, 0) is 49.0 Å². The van der Waals surface area contributed by atoms with Crippen LogP contribution in [0.1, 0.15) is 31.2 Å². The van der Waals surface area contributed by atoms with Crippen LogP contribution in [0.15, 0.2) is 35.3 Å². The summed E-state index contributed by atoms with van der Waals surface area (Å²) in [6.07, 6.45) is 6.06. The zero-order valence-electron chi connectivity index (χ0n) is 17.5. The molecule has 0 amide bonds.